The molecular formula is C15H16O3S. The second-order valence-corrected chi connectivity index (χ2v) is 5.90. The molecule has 0 saturated heterocycles. The van der Waals surface area contributed by atoms with Gasteiger partial charge in [-0.15, -0.1) is 0 Å². The van der Waals surface area contributed by atoms with E-state index in [2.05, 4.69) is 0 Å². The van der Waals surface area contributed by atoms with Crippen LogP contribution in [0.4, 0.5) is 0 Å². The Morgan fingerprint density at radius 3 is 2.37 bits per heavy atom. The minimum Gasteiger partial charge on any atom is -0.379 e. The van der Waals surface area contributed by atoms with Gasteiger partial charge in [-0.2, -0.15) is 8.42 Å². The van der Waals surface area contributed by atoms with Crippen molar-refractivity contribution < 1.29 is 12.6 Å². The maximum atomic E-state index is 12.1. The molecule has 0 spiro atoms. The molecule has 19 heavy (non-hydrogen) atoms. The van der Waals surface area contributed by atoms with Crippen molar-refractivity contribution in [2.24, 2.45) is 0 Å². The van der Waals surface area contributed by atoms with Crippen LogP contribution in [0.1, 0.15) is 18.1 Å². The fraction of sp³-hybridized carbons (Fsp3) is 0.200. The minimum atomic E-state index is -3.76. The number of aryl methyl sites for hydroxylation is 2. The highest BCUT2D eigenvalue weighted by molar-refractivity contribution is 7.87. The molecule has 0 fully saturated rings. The summed E-state index contributed by atoms with van der Waals surface area (Å²) < 4.78 is 29.3. The summed E-state index contributed by atoms with van der Waals surface area (Å²) in [7, 11) is -3.76. The lowest BCUT2D eigenvalue weighted by molar-refractivity contribution is 0.486. The summed E-state index contributed by atoms with van der Waals surface area (Å²) >= 11 is 0. The number of hydrogen-bond acceptors (Lipinski definition) is 3. The SMILES string of the molecule is CCc1cccc(OS(=O)(=O)c2ccc(C)cc2)c1. The fourth-order valence-corrected chi connectivity index (χ4v) is 2.62. The van der Waals surface area contributed by atoms with Gasteiger partial charge >= 0.3 is 10.1 Å². The van der Waals surface area contributed by atoms with Gasteiger partial charge in [-0.3, -0.25) is 0 Å². The summed E-state index contributed by atoms with van der Waals surface area (Å²) in [6.45, 7) is 3.91. The third kappa shape index (κ3) is 3.35. The van der Waals surface area contributed by atoms with Crippen LogP contribution in [0.15, 0.2) is 53.4 Å². The predicted molar refractivity (Wildman–Crippen MR) is 74.8 cm³/mol. The normalized spacial score (nSPS) is 11.3. The van der Waals surface area contributed by atoms with Gasteiger partial charge in [-0.05, 0) is 43.2 Å². The van der Waals surface area contributed by atoms with Crippen LogP contribution >= 0.6 is 0 Å². The largest absolute Gasteiger partial charge is 0.379 e. The zero-order chi connectivity index (χ0) is 13.9. The zero-order valence-corrected chi connectivity index (χ0v) is 11.8. The van der Waals surface area contributed by atoms with Gasteiger partial charge in [0.15, 0.2) is 0 Å². The Hall–Kier alpha value is -1.81. The van der Waals surface area contributed by atoms with Gasteiger partial charge in [-0.25, -0.2) is 0 Å². The molecule has 3 nitrogen and oxygen atoms in total. The third-order valence-corrected chi connectivity index (χ3v) is 4.08. The first-order valence-electron chi connectivity index (χ1n) is 6.11. The van der Waals surface area contributed by atoms with Crippen LogP contribution < -0.4 is 4.18 Å². The molecule has 0 unspecified atom stereocenters. The second kappa shape index (κ2) is 5.45. The van der Waals surface area contributed by atoms with E-state index >= 15 is 0 Å². The van der Waals surface area contributed by atoms with Crippen LogP contribution in [-0.4, -0.2) is 8.42 Å². The van der Waals surface area contributed by atoms with E-state index in [4.69, 9.17) is 4.18 Å². The lowest BCUT2D eigenvalue weighted by atomic mass is 10.2. The first kappa shape index (κ1) is 13.6. The monoisotopic (exact) mass is 276 g/mol. The average molecular weight is 276 g/mol. The molecule has 0 aliphatic rings. The number of benzene rings is 2. The van der Waals surface area contributed by atoms with E-state index in [1.54, 1.807) is 42.5 Å². The van der Waals surface area contributed by atoms with Gasteiger partial charge < -0.3 is 4.18 Å². The molecule has 2 aromatic rings. The lowest BCUT2D eigenvalue weighted by Crippen LogP contribution is -2.09. The molecule has 0 radical (unpaired) electrons. The molecular weight excluding hydrogens is 260 g/mol. The molecule has 0 saturated carbocycles. The van der Waals surface area contributed by atoms with E-state index in [0.29, 0.717) is 5.75 Å². The first-order chi connectivity index (χ1) is 9.01. The van der Waals surface area contributed by atoms with E-state index in [-0.39, 0.29) is 4.90 Å². The van der Waals surface area contributed by atoms with Crippen LogP contribution in [0.5, 0.6) is 5.75 Å². The summed E-state index contributed by atoms with van der Waals surface area (Å²) in [5, 5.41) is 0. The Labute approximate surface area is 114 Å². The fourth-order valence-electron chi connectivity index (χ4n) is 1.70. The van der Waals surface area contributed by atoms with Crippen LogP contribution in [-0.2, 0) is 16.5 Å². The van der Waals surface area contributed by atoms with Gasteiger partial charge in [0.2, 0.25) is 0 Å². The Bertz CT molecular complexity index is 658. The van der Waals surface area contributed by atoms with E-state index in [9.17, 15) is 8.42 Å². The summed E-state index contributed by atoms with van der Waals surface area (Å²) in [4.78, 5) is 0.167. The van der Waals surface area contributed by atoms with Crippen LogP contribution in [0.25, 0.3) is 0 Å². The van der Waals surface area contributed by atoms with Crippen molar-refractivity contribution in [2.45, 2.75) is 25.2 Å². The highest BCUT2D eigenvalue weighted by Gasteiger charge is 2.16. The van der Waals surface area contributed by atoms with E-state index in [0.717, 1.165) is 17.5 Å². The second-order valence-electron chi connectivity index (χ2n) is 4.35. The van der Waals surface area contributed by atoms with Crippen molar-refractivity contribution in [3.63, 3.8) is 0 Å². The van der Waals surface area contributed by atoms with Gasteiger partial charge in [0.05, 0.1) is 0 Å². The van der Waals surface area contributed by atoms with Crippen molar-refractivity contribution in [1.82, 2.24) is 0 Å². The van der Waals surface area contributed by atoms with Gasteiger partial charge in [-0.1, -0.05) is 36.8 Å². The highest BCUT2D eigenvalue weighted by Crippen LogP contribution is 2.20. The molecule has 2 rings (SSSR count). The third-order valence-electron chi connectivity index (χ3n) is 2.82. The molecule has 0 amide bonds. The summed E-state index contributed by atoms with van der Waals surface area (Å²) in [6.07, 6.45) is 0.835. The minimum absolute atomic E-state index is 0.167. The summed E-state index contributed by atoms with van der Waals surface area (Å²) in [6, 6.07) is 13.7. The Morgan fingerprint density at radius 1 is 1.05 bits per heavy atom. The molecule has 0 bridgehead atoms. The summed E-state index contributed by atoms with van der Waals surface area (Å²) in [5.41, 5.74) is 2.04. The molecule has 0 aliphatic heterocycles. The summed E-state index contributed by atoms with van der Waals surface area (Å²) in [5.74, 6) is 0.347. The van der Waals surface area contributed by atoms with Gasteiger partial charge in [0.1, 0.15) is 10.6 Å². The van der Waals surface area contributed by atoms with Crippen LogP contribution in [0.3, 0.4) is 0 Å². The van der Waals surface area contributed by atoms with Crippen LogP contribution in [0, 0.1) is 6.92 Å². The maximum absolute atomic E-state index is 12.1. The van der Waals surface area contributed by atoms with Crippen molar-refractivity contribution in [1.29, 1.82) is 0 Å². The Morgan fingerprint density at radius 2 is 1.74 bits per heavy atom. The van der Waals surface area contributed by atoms with Crippen molar-refractivity contribution >= 4 is 10.1 Å². The van der Waals surface area contributed by atoms with Crippen molar-refractivity contribution in [2.75, 3.05) is 0 Å². The van der Waals surface area contributed by atoms with Gasteiger partial charge in [0.25, 0.3) is 0 Å². The topological polar surface area (TPSA) is 43.4 Å². The Kier molecular flexibility index (Phi) is 3.90. The molecule has 0 heterocycles. The molecule has 100 valence electrons. The molecule has 4 heteroatoms. The van der Waals surface area contributed by atoms with Gasteiger partial charge in [0, 0.05) is 0 Å². The quantitative estimate of drug-likeness (QED) is 0.804. The zero-order valence-electron chi connectivity index (χ0n) is 11.0. The molecule has 0 atom stereocenters. The van der Waals surface area contributed by atoms with E-state index in [1.807, 2.05) is 19.9 Å². The average Bonchev–Trinajstić information content (AvgIpc) is 2.39. The predicted octanol–water partition coefficient (Wildman–Crippen LogP) is 3.33. The smallest absolute Gasteiger partial charge is 0.339 e. The molecule has 0 aromatic heterocycles. The lowest BCUT2D eigenvalue weighted by Gasteiger charge is -2.08. The molecule has 0 aliphatic carbocycles. The first-order valence-corrected chi connectivity index (χ1v) is 7.52. The standard InChI is InChI=1S/C15H16O3S/c1-3-13-5-4-6-14(11-13)18-19(16,17)15-9-7-12(2)8-10-15/h4-11H,3H2,1-2H3. The highest BCUT2D eigenvalue weighted by atomic mass is 32.2. The van der Waals surface area contributed by atoms with Crippen molar-refractivity contribution in [3.8, 4) is 5.75 Å². The van der Waals surface area contributed by atoms with E-state index < -0.39 is 10.1 Å². The molecule has 0 N–H and O–H groups in total. The molecule has 2 aromatic carbocycles. The Balaban J connectivity index is 2.28. The maximum Gasteiger partial charge on any atom is 0.339 e. The number of rotatable bonds is 4. The number of hydrogen-bond donors (Lipinski definition) is 0. The van der Waals surface area contributed by atoms with Crippen LogP contribution in [0.2, 0.25) is 0 Å². The van der Waals surface area contributed by atoms with E-state index in [1.165, 1.54) is 0 Å². The van der Waals surface area contributed by atoms with Crippen molar-refractivity contribution in [3.05, 3.63) is 59.7 Å².